The number of hydrogen-bond donors (Lipinski definition) is 1. The second-order valence-corrected chi connectivity index (χ2v) is 6.73. The average molecular weight is 377 g/mol. The third kappa shape index (κ3) is 4.02. The Kier molecular flexibility index (Phi) is 5.52. The summed E-state index contributed by atoms with van der Waals surface area (Å²) in [5.74, 6) is 1.17. The quantitative estimate of drug-likeness (QED) is 0.888. The topological polar surface area (TPSA) is 71.8 Å². The van der Waals surface area contributed by atoms with Crippen molar-refractivity contribution in [3.8, 4) is 5.75 Å². The molecule has 0 bridgehead atoms. The lowest BCUT2D eigenvalue weighted by Crippen LogP contribution is -2.46. The van der Waals surface area contributed by atoms with Gasteiger partial charge in [0, 0.05) is 24.2 Å². The highest BCUT2D eigenvalue weighted by Gasteiger charge is 2.27. The highest BCUT2D eigenvalue weighted by atomic mass is 35.5. The molecule has 2 aromatic rings. The number of amides is 2. The molecule has 1 aliphatic heterocycles. The fraction of sp³-hybridized carbons (Fsp3) is 0.368. The number of piperidine rings is 1. The largest absolute Gasteiger partial charge is 0.496 e. The predicted octanol–water partition coefficient (Wildman–Crippen LogP) is 3.28. The lowest BCUT2D eigenvalue weighted by atomic mass is 10.0. The average Bonchev–Trinajstić information content (AvgIpc) is 3.08. The zero-order valence-electron chi connectivity index (χ0n) is 14.8. The molecule has 1 aliphatic rings. The second-order valence-electron chi connectivity index (χ2n) is 6.29. The van der Waals surface area contributed by atoms with Crippen LogP contribution in [0.4, 0.5) is 0 Å². The third-order valence-electron chi connectivity index (χ3n) is 4.47. The SMILES string of the molecule is COc1ccc(Cl)cc1C(=O)N1CCC(NC(=O)c2ccc(C)o2)CC1. The Morgan fingerprint density at radius 1 is 1.23 bits per heavy atom. The Morgan fingerprint density at radius 2 is 1.96 bits per heavy atom. The molecule has 0 spiro atoms. The van der Waals surface area contributed by atoms with Gasteiger partial charge in [-0.05, 0) is 50.1 Å². The standard InChI is InChI=1S/C19H21ClN2O4/c1-12-3-5-17(26-12)18(23)21-14-7-9-22(10-8-14)19(24)15-11-13(20)4-6-16(15)25-2/h3-6,11,14H,7-10H2,1-2H3,(H,21,23). The molecule has 2 amide bonds. The summed E-state index contributed by atoms with van der Waals surface area (Å²) in [5, 5.41) is 3.45. The van der Waals surface area contributed by atoms with Crippen LogP contribution in [0.1, 0.15) is 39.5 Å². The van der Waals surface area contributed by atoms with Gasteiger partial charge in [-0.1, -0.05) is 11.6 Å². The molecule has 1 saturated heterocycles. The van der Waals surface area contributed by atoms with Crippen molar-refractivity contribution in [2.24, 2.45) is 0 Å². The number of methoxy groups -OCH3 is 1. The maximum atomic E-state index is 12.8. The number of furan rings is 1. The zero-order chi connectivity index (χ0) is 18.7. The number of nitrogens with one attached hydrogen (secondary N) is 1. The Bertz CT molecular complexity index is 810. The minimum atomic E-state index is -0.223. The Hall–Kier alpha value is -2.47. The van der Waals surface area contributed by atoms with E-state index in [9.17, 15) is 9.59 Å². The number of ether oxygens (including phenoxy) is 1. The van der Waals surface area contributed by atoms with Crippen molar-refractivity contribution in [2.45, 2.75) is 25.8 Å². The van der Waals surface area contributed by atoms with E-state index in [-0.39, 0.29) is 17.9 Å². The smallest absolute Gasteiger partial charge is 0.287 e. The van der Waals surface area contributed by atoms with Crippen molar-refractivity contribution in [1.29, 1.82) is 0 Å². The molecule has 3 rings (SSSR count). The summed E-state index contributed by atoms with van der Waals surface area (Å²) in [7, 11) is 1.53. The minimum absolute atomic E-state index is 0.0122. The highest BCUT2D eigenvalue weighted by Crippen LogP contribution is 2.25. The third-order valence-corrected chi connectivity index (χ3v) is 4.71. The van der Waals surface area contributed by atoms with Gasteiger partial charge >= 0.3 is 0 Å². The number of nitrogens with zero attached hydrogens (tertiary/aromatic N) is 1. The number of aryl methyl sites for hydroxylation is 1. The fourth-order valence-corrected chi connectivity index (χ4v) is 3.23. The first-order valence-electron chi connectivity index (χ1n) is 8.48. The lowest BCUT2D eigenvalue weighted by molar-refractivity contribution is 0.0692. The number of carbonyl (C=O) groups excluding carboxylic acids is 2. The molecule has 6 nitrogen and oxygen atoms in total. The van der Waals surface area contributed by atoms with Crippen LogP contribution in [0.5, 0.6) is 5.75 Å². The van der Waals surface area contributed by atoms with Crippen LogP contribution in [0.3, 0.4) is 0 Å². The summed E-state index contributed by atoms with van der Waals surface area (Å²) in [6, 6.07) is 8.43. The molecule has 7 heteroatoms. The fourth-order valence-electron chi connectivity index (χ4n) is 3.06. The predicted molar refractivity (Wildman–Crippen MR) is 97.8 cm³/mol. The van der Waals surface area contributed by atoms with E-state index in [0.717, 1.165) is 0 Å². The van der Waals surface area contributed by atoms with Crippen LogP contribution in [0, 0.1) is 6.92 Å². The van der Waals surface area contributed by atoms with E-state index in [2.05, 4.69) is 5.32 Å². The molecule has 138 valence electrons. The van der Waals surface area contributed by atoms with Gasteiger partial charge in [0.05, 0.1) is 12.7 Å². The van der Waals surface area contributed by atoms with Crippen LogP contribution in [0.15, 0.2) is 34.7 Å². The highest BCUT2D eigenvalue weighted by molar-refractivity contribution is 6.31. The molecule has 26 heavy (non-hydrogen) atoms. The van der Waals surface area contributed by atoms with Crippen LogP contribution in [-0.2, 0) is 0 Å². The van der Waals surface area contributed by atoms with Gasteiger partial charge in [-0.15, -0.1) is 0 Å². The van der Waals surface area contributed by atoms with Crippen LogP contribution < -0.4 is 10.1 Å². The normalized spacial score (nSPS) is 15.0. The Balaban J connectivity index is 1.59. The summed E-state index contributed by atoms with van der Waals surface area (Å²) >= 11 is 6.01. The summed E-state index contributed by atoms with van der Waals surface area (Å²) < 4.78 is 10.6. The lowest BCUT2D eigenvalue weighted by Gasteiger charge is -2.32. The monoisotopic (exact) mass is 376 g/mol. The summed E-state index contributed by atoms with van der Waals surface area (Å²) in [6.07, 6.45) is 1.36. The molecule has 1 aromatic heterocycles. The van der Waals surface area contributed by atoms with E-state index < -0.39 is 0 Å². The summed E-state index contributed by atoms with van der Waals surface area (Å²) in [6.45, 7) is 2.90. The van der Waals surface area contributed by atoms with Gasteiger partial charge in [0.2, 0.25) is 0 Å². The molecule has 0 saturated carbocycles. The minimum Gasteiger partial charge on any atom is -0.496 e. The van der Waals surface area contributed by atoms with Gasteiger partial charge in [-0.2, -0.15) is 0 Å². The van der Waals surface area contributed by atoms with Gasteiger partial charge < -0.3 is 19.4 Å². The van der Waals surface area contributed by atoms with E-state index in [0.29, 0.717) is 53.8 Å². The van der Waals surface area contributed by atoms with Crippen molar-refractivity contribution < 1.29 is 18.7 Å². The van der Waals surface area contributed by atoms with E-state index in [1.807, 2.05) is 0 Å². The second kappa shape index (κ2) is 7.83. The number of carbonyl (C=O) groups is 2. The van der Waals surface area contributed by atoms with Crippen molar-refractivity contribution in [3.05, 3.63) is 52.4 Å². The number of hydrogen-bond acceptors (Lipinski definition) is 4. The van der Waals surface area contributed by atoms with E-state index in [1.165, 1.54) is 7.11 Å². The molecule has 1 aromatic carbocycles. The summed E-state index contributed by atoms with van der Waals surface area (Å²) in [4.78, 5) is 26.7. The number of benzene rings is 1. The maximum Gasteiger partial charge on any atom is 0.287 e. The van der Waals surface area contributed by atoms with E-state index in [4.69, 9.17) is 20.8 Å². The van der Waals surface area contributed by atoms with Crippen LogP contribution in [-0.4, -0.2) is 43.0 Å². The summed E-state index contributed by atoms with van der Waals surface area (Å²) in [5.41, 5.74) is 0.452. The van der Waals surface area contributed by atoms with E-state index >= 15 is 0 Å². The van der Waals surface area contributed by atoms with Crippen molar-refractivity contribution in [3.63, 3.8) is 0 Å². The van der Waals surface area contributed by atoms with Crippen LogP contribution in [0.2, 0.25) is 5.02 Å². The molecule has 2 heterocycles. The number of halogens is 1. The van der Waals surface area contributed by atoms with Crippen LogP contribution in [0.25, 0.3) is 0 Å². The van der Waals surface area contributed by atoms with Crippen LogP contribution >= 0.6 is 11.6 Å². The number of rotatable bonds is 4. The first kappa shape index (κ1) is 18.3. The van der Waals surface area contributed by atoms with Gasteiger partial charge in [-0.25, -0.2) is 0 Å². The molecule has 1 fully saturated rings. The molecule has 0 radical (unpaired) electrons. The van der Waals surface area contributed by atoms with Gasteiger partial charge in [-0.3, -0.25) is 9.59 Å². The molecule has 0 atom stereocenters. The van der Waals surface area contributed by atoms with Gasteiger partial charge in [0.15, 0.2) is 5.76 Å². The Labute approximate surface area is 157 Å². The van der Waals surface area contributed by atoms with Crippen molar-refractivity contribution in [2.75, 3.05) is 20.2 Å². The number of likely N-dealkylation sites (tertiary alicyclic amines) is 1. The molecule has 1 N–H and O–H groups in total. The van der Waals surface area contributed by atoms with Gasteiger partial charge in [0.1, 0.15) is 11.5 Å². The first-order valence-corrected chi connectivity index (χ1v) is 8.86. The Morgan fingerprint density at radius 3 is 2.58 bits per heavy atom. The van der Waals surface area contributed by atoms with Crippen molar-refractivity contribution in [1.82, 2.24) is 10.2 Å². The van der Waals surface area contributed by atoms with E-state index in [1.54, 1.807) is 42.2 Å². The molecule has 0 aliphatic carbocycles. The van der Waals surface area contributed by atoms with Gasteiger partial charge in [0.25, 0.3) is 11.8 Å². The molecule has 0 unspecified atom stereocenters. The zero-order valence-corrected chi connectivity index (χ0v) is 15.5. The molecular weight excluding hydrogens is 356 g/mol. The van der Waals surface area contributed by atoms with Crippen molar-refractivity contribution >= 4 is 23.4 Å². The first-order chi connectivity index (χ1) is 12.5. The maximum absolute atomic E-state index is 12.8. The molecular formula is C19H21ClN2O4.